The van der Waals surface area contributed by atoms with E-state index in [0.29, 0.717) is 6.04 Å². The third-order valence-electron chi connectivity index (χ3n) is 5.41. The zero-order valence-electron chi connectivity index (χ0n) is 14.8. The van der Waals surface area contributed by atoms with Crippen LogP contribution < -0.4 is 10.4 Å². The number of fused-ring (bicyclic) bond motifs is 1. The maximum atomic E-state index is 6.18. The fraction of sp³-hybridized carbons (Fsp3) is 0.684. The topological polar surface area (TPSA) is 21.7 Å². The molecule has 1 saturated heterocycles. The number of aryl methyl sites for hydroxylation is 1. The number of anilines is 1. The summed E-state index contributed by atoms with van der Waals surface area (Å²) in [6.45, 7) is 14.1. The molecule has 1 aromatic carbocycles. The minimum Gasteiger partial charge on any atom is -0.399 e. The standard InChI is InChI=1S/C18H28BNO2.CH4/c1-13(2)20-11-7-8-14-12-15(9-10-16(14)20)19-21-17(3,4)18(5,6)22-19;/h9-10,12-13H,7-8,11H2,1-6H3;1H4. The van der Waals surface area contributed by atoms with E-state index in [1.165, 1.54) is 17.7 Å². The Labute approximate surface area is 142 Å². The maximum Gasteiger partial charge on any atom is 0.494 e. The molecule has 4 heteroatoms. The Morgan fingerprint density at radius 2 is 1.70 bits per heavy atom. The van der Waals surface area contributed by atoms with E-state index in [2.05, 4.69) is 64.6 Å². The van der Waals surface area contributed by atoms with Crippen LogP contribution in [0.2, 0.25) is 0 Å². The van der Waals surface area contributed by atoms with Crippen LogP contribution in [0.3, 0.4) is 0 Å². The summed E-state index contributed by atoms with van der Waals surface area (Å²) in [6.07, 6.45) is 2.36. The summed E-state index contributed by atoms with van der Waals surface area (Å²) in [5.41, 5.74) is 3.38. The second kappa shape index (κ2) is 6.14. The van der Waals surface area contributed by atoms with Gasteiger partial charge in [-0.3, -0.25) is 0 Å². The lowest BCUT2D eigenvalue weighted by Gasteiger charge is -2.35. The monoisotopic (exact) mass is 317 g/mol. The van der Waals surface area contributed by atoms with Crippen molar-refractivity contribution in [1.82, 2.24) is 0 Å². The Morgan fingerprint density at radius 3 is 2.26 bits per heavy atom. The summed E-state index contributed by atoms with van der Waals surface area (Å²) < 4.78 is 12.4. The molecule has 2 aliphatic rings. The molecular weight excluding hydrogens is 285 g/mol. The molecule has 0 atom stereocenters. The second-order valence-electron chi connectivity index (χ2n) is 7.87. The molecule has 128 valence electrons. The first-order valence-corrected chi connectivity index (χ1v) is 8.46. The lowest BCUT2D eigenvalue weighted by molar-refractivity contribution is 0.00578. The highest BCUT2D eigenvalue weighted by Gasteiger charge is 2.51. The second-order valence-corrected chi connectivity index (χ2v) is 7.87. The molecule has 0 radical (unpaired) electrons. The number of nitrogens with zero attached hydrogens (tertiary/aromatic N) is 1. The number of hydrogen-bond donors (Lipinski definition) is 0. The summed E-state index contributed by atoms with van der Waals surface area (Å²) in [5, 5.41) is 0. The van der Waals surface area contributed by atoms with Gasteiger partial charge in [-0.05, 0) is 71.5 Å². The predicted octanol–water partition coefficient (Wildman–Crippen LogP) is 3.78. The average molecular weight is 317 g/mol. The van der Waals surface area contributed by atoms with Gasteiger partial charge in [0.15, 0.2) is 0 Å². The molecule has 23 heavy (non-hydrogen) atoms. The minimum absolute atomic E-state index is 0. The van der Waals surface area contributed by atoms with Crippen molar-refractivity contribution >= 4 is 18.3 Å². The summed E-state index contributed by atoms with van der Waals surface area (Å²) in [6, 6.07) is 7.24. The van der Waals surface area contributed by atoms with Gasteiger partial charge >= 0.3 is 7.12 Å². The molecule has 0 bridgehead atoms. The van der Waals surface area contributed by atoms with E-state index in [0.717, 1.165) is 18.4 Å². The Morgan fingerprint density at radius 1 is 1.09 bits per heavy atom. The van der Waals surface area contributed by atoms with Crippen molar-refractivity contribution in [3.05, 3.63) is 23.8 Å². The molecule has 3 rings (SSSR count). The largest absolute Gasteiger partial charge is 0.494 e. The van der Waals surface area contributed by atoms with Crippen molar-refractivity contribution in [2.24, 2.45) is 0 Å². The third-order valence-corrected chi connectivity index (χ3v) is 5.41. The summed E-state index contributed by atoms with van der Waals surface area (Å²) in [4.78, 5) is 2.49. The molecule has 2 aliphatic heterocycles. The molecule has 0 spiro atoms. The number of rotatable bonds is 2. The third kappa shape index (κ3) is 3.16. The summed E-state index contributed by atoms with van der Waals surface area (Å²) >= 11 is 0. The Balaban J connectivity index is 0.00000192. The van der Waals surface area contributed by atoms with Gasteiger partial charge in [-0.25, -0.2) is 0 Å². The molecule has 0 saturated carbocycles. The molecule has 0 N–H and O–H groups in total. The lowest BCUT2D eigenvalue weighted by atomic mass is 9.77. The highest BCUT2D eigenvalue weighted by molar-refractivity contribution is 6.62. The zero-order valence-corrected chi connectivity index (χ0v) is 14.8. The Kier molecular flexibility index (Phi) is 4.90. The first kappa shape index (κ1) is 18.3. The Hall–Kier alpha value is -0.995. The quantitative estimate of drug-likeness (QED) is 0.775. The van der Waals surface area contributed by atoms with Crippen molar-refractivity contribution in [3.8, 4) is 0 Å². The van der Waals surface area contributed by atoms with Gasteiger partial charge < -0.3 is 14.2 Å². The maximum absolute atomic E-state index is 6.18. The van der Waals surface area contributed by atoms with Crippen molar-refractivity contribution in [3.63, 3.8) is 0 Å². The van der Waals surface area contributed by atoms with Crippen molar-refractivity contribution in [2.45, 2.75) is 79.1 Å². The minimum atomic E-state index is -0.280. The van der Waals surface area contributed by atoms with Gasteiger partial charge in [-0.1, -0.05) is 19.6 Å². The van der Waals surface area contributed by atoms with Gasteiger partial charge in [0, 0.05) is 18.3 Å². The van der Waals surface area contributed by atoms with Crippen LogP contribution in [0.4, 0.5) is 5.69 Å². The molecule has 2 heterocycles. The first-order valence-electron chi connectivity index (χ1n) is 8.46. The highest BCUT2D eigenvalue weighted by Crippen LogP contribution is 2.37. The molecule has 1 aromatic rings. The van der Waals surface area contributed by atoms with Crippen LogP contribution in [0, 0.1) is 0 Å². The first-order chi connectivity index (χ1) is 10.2. The molecule has 3 nitrogen and oxygen atoms in total. The smallest absolute Gasteiger partial charge is 0.399 e. The fourth-order valence-electron chi connectivity index (χ4n) is 3.31. The normalized spacial score (nSPS) is 22.0. The van der Waals surface area contributed by atoms with E-state index in [4.69, 9.17) is 9.31 Å². The van der Waals surface area contributed by atoms with Crippen LogP contribution in [-0.4, -0.2) is 30.9 Å². The predicted molar refractivity (Wildman–Crippen MR) is 99.7 cm³/mol. The number of hydrogen-bond acceptors (Lipinski definition) is 3. The summed E-state index contributed by atoms with van der Waals surface area (Å²) in [5.74, 6) is 0. The zero-order chi connectivity index (χ0) is 16.1. The average Bonchev–Trinajstić information content (AvgIpc) is 2.66. The van der Waals surface area contributed by atoms with Crippen LogP contribution in [0.5, 0.6) is 0 Å². The van der Waals surface area contributed by atoms with Gasteiger partial charge in [-0.15, -0.1) is 0 Å². The lowest BCUT2D eigenvalue weighted by Crippen LogP contribution is -2.41. The van der Waals surface area contributed by atoms with Crippen molar-refractivity contribution in [1.29, 1.82) is 0 Å². The van der Waals surface area contributed by atoms with Crippen molar-refractivity contribution < 1.29 is 9.31 Å². The van der Waals surface area contributed by atoms with E-state index < -0.39 is 0 Å². The van der Waals surface area contributed by atoms with Gasteiger partial charge in [0.2, 0.25) is 0 Å². The van der Waals surface area contributed by atoms with Crippen LogP contribution in [-0.2, 0) is 15.7 Å². The van der Waals surface area contributed by atoms with Crippen molar-refractivity contribution in [2.75, 3.05) is 11.4 Å². The van der Waals surface area contributed by atoms with Crippen LogP contribution in [0.15, 0.2) is 18.2 Å². The molecular formula is C19H32BNO2. The van der Waals surface area contributed by atoms with E-state index >= 15 is 0 Å². The molecule has 0 aromatic heterocycles. The van der Waals surface area contributed by atoms with Gasteiger partial charge in [-0.2, -0.15) is 0 Å². The van der Waals surface area contributed by atoms with E-state index in [-0.39, 0.29) is 25.7 Å². The fourth-order valence-corrected chi connectivity index (χ4v) is 3.31. The highest BCUT2D eigenvalue weighted by atomic mass is 16.7. The van der Waals surface area contributed by atoms with Crippen LogP contribution in [0.1, 0.15) is 61.0 Å². The summed E-state index contributed by atoms with van der Waals surface area (Å²) in [7, 11) is -0.260. The van der Waals surface area contributed by atoms with Crippen LogP contribution in [0.25, 0.3) is 0 Å². The molecule has 0 aliphatic carbocycles. The van der Waals surface area contributed by atoms with Gasteiger partial charge in [0.1, 0.15) is 0 Å². The Bertz CT molecular complexity index is 552. The molecule has 0 unspecified atom stereocenters. The van der Waals surface area contributed by atoms with E-state index in [1.807, 2.05) is 0 Å². The van der Waals surface area contributed by atoms with Crippen LogP contribution >= 0.6 is 0 Å². The SMILES string of the molecule is C.CC(C)N1CCCc2cc(B3OC(C)(C)C(C)(C)O3)ccc21. The molecule has 0 amide bonds. The van der Waals surface area contributed by atoms with Gasteiger partial charge in [0.25, 0.3) is 0 Å². The van der Waals surface area contributed by atoms with Gasteiger partial charge in [0.05, 0.1) is 11.2 Å². The number of benzene rings is 1. The molecule has 1 fully saturated rings. The van der Waals surface area contributed by atoms with E-state index in [9.17, 15) is 0 Å². The van der Waals surface area contributed by atoms with E-state index in [1.54, 1.807) is 0 Å².